The van der Waals surface area contributed by atoms with E-state index in [1.165, 1.54) is 0 Å². The molecule has 0 N–H and O–H groups in total. The Kier molecular flexibility index (Phi) is 11.1. The molecule has 0 amide bonds. The SMILES string of the molecule is CCCCCCOC(=O)CC(CP1(=O)Oc2ccccc2-c2ccccc21)C(=O)OCCCCCC. The maximum absolute atomic E-state index is 14.3. The van der Waals surface area contributed by atoms with Crippen molar-refractivity contribution in [3.05, 3.63) is 48.5 Å². The number of ether oxygens (including phenoxy) is 2. The molecular formula is C29H39O6P. The van der Waals surface area contributed by atoms with Gasteiger partial charge in [0.05, 0.1) is 37.0 Å². The zero-order chi connectivity index (χ0) is 25.8. The minimum absolute atomic E-state index is 0.114. The topological polar surface area (TPSA) is 78.9 Å². The van der Waals surface area contributed by atoms with Crippen molar-refractivity contribution in [2.75, 3.05) is 19.4 Å². The smallest absolute Gasteiger partial charge is 0.310 e. The largest absolute Gasteiger partial charge is 0.466 e. The number of hydrogen-bond acceptors (Lipinski definition) is 6. The lowest BCUT2D eigenvalue weighted by atomic mass is 10.0. The van der Waals surface area contributed by atoms with Crippen molar-refractivity contribution in [3.8, 4) is 16.9 Å². The number of rotatable bonds is 15. The lowest BCUT2D eigenvalue weighted by Gasteiger charge is -2.30. The van der Waals surface area contributed by atoms with Crippen molar-refractivity contribution in [3.63, 3.8) is 0 Å². The molecule has 0 radical (unpaired) electrons. The third-order valence-corrected chi connectivity index (χ3v) is 8.94. The molecule has 196 valence electrons. The number of para-hydroxylation sites is 1. The minimum Gasteiger partial charge on any atom is -0.466 e. The molecule has 0 aromatic heterocycles. The first-order valence-corrected chi connectivity index (χ1v) is 15.1. The fourth-order valence-electron chi connectivity index (χ4n) is 4.42. The Morgan fingerprint density at radius 2 is 1.42 bits per heavy atom. The predicted octanol–water partition coefficient (Wildman–Crippen LogP) is 6.90. The summed E-state index contributed by atoms with van der Waals surface area (Å²) < 4.78 is 31.3. The van der Waals surface area contributed by atoms with Gasteiger partial charge in [-0.1, -0.05) is 88.8 Å². The second-order valence-electron chi connectivity index (χ2n) is 9.37. The van der Waals surface area contributed by atoms with Crippen LogP contribution in [-0.4, -0.2) is 31.3 Å². The first-order valence-electron chi connectivity index (χ1n) is 13.3. The van der Waals surface area contributed by atoms with Crippen LogP contribution in [-0.2, 0) is 23.6 Å². The first-order chi connectivity index (χ1) is 17.5. The van der Waals surface area contributed by atoms with Crippen LogP contribution >= 0.6 is 7.37 Å². The zero-order valence-electron chi connectivity index (χ0n) is 21.6. The van der Waals surface area contributed by atoms with E-state index in [-0.39, 0.29) is 19.2 Å². The van der Waals surface area contributed by atoms with Gasteiger partial charge in [0.25, 0.3) is 7.37 Å². The Morgan fingerprint density at radius 3 is 2.11 bits per heavy atom. The lowest BCUT2D eigenvalue weighted by molar-refractivity contribution is -0.154. The minimum atomic E-state index is -3.50. The molecule has 1 heterocycles. The summed E-state index contributed by atoms with van der Waals surface area (Å²) in [5, 5.41) is 0.567. The van der Waals surface area contributed by atoms with Crippen molar-refractivity contribution < 1.29 is 28.2 Å². The molecule has 2 unspecified atom stereocenters. The normalized spacial score (nSPS) is 16.8. The molecule has 6 nitrogen and oxygen atoms in total. The van der Waals surface area contributed by atoms with Gasteiger partial charge in [0.2, 0.25) is 0 Å². The standard InChI is InChI=1S/C29H39O6P/c1-3-5-7-13-19-33-28(30)21-23(29(31)34-20-14-8-6-4-2)22-36(32)27-18-12-10-16-25(27)24-15-9-11-17-26(24)35-36/h9-12,15-18,23H,3-8,13-14,19-22H2,1-2H3. The van der Waals surface area contributed by atoms with E-state index < -0.39 is 25.2 Å². The number of carbonyl (C=O) groups excluding carboxylic acids is 2. The van der Waals surface area contributed by atoms with Crippen molar-refractivity contribution in [2.24, 2.45) is 5.92 Å². The van der Waals surface area contributed by atoms with Gasteiger partial charge in [-0.2, -0.15) is 0 Å². The van der Waals surface area contributed by atoms with Crippen molar-refractivity contribution >= 4 is 24.6 Å². The number of carbonyl (C=O) groups is 2. The van der Waals surface area contributed by atoms with E-state index in [2.05, 4.69) is 13.8 Å². The number of unbranched alkanes of at least 4 members (excludes halogenated alkanes) is 6. The van der Waals surface area contributed by atoms with Crippen LogP contribution in [0.25, 0.3) is 11.1 Å². The van der Waals surface area contributed by atoms with E-state index in [9.17, 15) is 14.2 Å². The molecule has 36 heavy (non-hydrogen) atoms. The zero-order valence-corrected chi connectivity index (χ0v) is 22.5. The van der Waals surface area contributed by atoms with Crippen LogP contribution in [0.5, 0.6) is 5.75 Å². The monoisotopic (exact) mass is 514 g/mol. The van der Waals surface area contributed by atoms with Gasteiger partial charge < -0.3 is 14.0 Å². The number of esters is 2. The highest BCUT2D eigenvalue weighted by Crippen LogP contribution is 2.55. The molecule has 1 aliphatic heterocycles. The molecule has 0 aliphatic carbocycles. The number of benzene rings is 2. The summed E-state index contributed by atoms with van der Waals surface area (Å²) in [6.45, 7) is 4.84. The van der Waals surface area contributed by atoms with Crippen LogP contribution in [0.4, 0.5) is 0 Å². The average molecular weight is 515 g/mol. The summed E-state index contributed by atoms with van der Waals surface area (Å²) in [6, 6.07) is 14.8. The molecular weight excluding hydrogens is 475 g/mol. The molecule has 2 atom stereocenters. The quantitative estimate of drug-likeness (QED) is 0.146. The molecule has 7 heteroatoms. The van der Waals surface area contributed by atoms with E-state index in [0.717, 1.165) is 62.5 Å². The van der Waals surface area contributed by atoms with Gasteiger partial charge in [-0.25, -0.2) is 0 Å². The van der Waals surface area contributed by atoms with Crippen LogP contribution < -0.4 is 9.83 Å². The predicted molar refractivity (Wildman–Crippen MR) is 143 cm³/mol. The Morgan fingerprint density at radius 1 is 0.806 bits per heavy atom. The van der Waals surface area contributed by atoms with E-state index >= 15 is 0 Å². The summed E-state index contributed by atoms with van der Waals surface area (Å²) in [5.41, 5.74) is 1.69. The average Bonchev–Trinajstić information content (AvgIpc) is 2.88. The Balaban J connectivity index is 1.75. The van der Waals surface area contributed by atoms with Gasteiger partial charge in [-0.15, -0.1) is 0 Å². The van der Waals surface area contributed by atoms with Crippen LogP contribution in [0.2, 0.25) is 0 Å². The van der Waals surface area contributed by atoms with Crippen molar-refractivity contribution in [2.45, 2.75) is 71.6 Å². The molecule has 1 aliphatic rings. The van der Waals surface area contributed by atoms with Gasteiger partial charge in [0.15, 0.2) is 0 Å². The van der Waals surface area contributed by atoms with E-state index in [4.69, 9.17) is 14.0 Å². The molecule has 0 saturated heterocycles. The van der Waals surface area contributed by atoms with E-state index in [1.54, 1.807) is 12.1 Å². The maximum Gasteiger partial charge on any atom is 0.310 e. The fourth-order valence-corrected chi connectivity index (χ4v) is 7.00. The fraction of sp³-hybridized carbons (Fsp3) is 0.517. The van der Waals surface area contributed by atoms with Crippen LogP contribution in [0.15, 0.2) is 48.5 Å². The molecule has 3 rings (SSSR count). The number of fused-ring (bicyclic) bond motifs is 3. The Bertz CT molecular complexity index is 1050. The summed E-state index contributed by atoms with van der Waals surface area (Å²) in [6.07, 6.45) is 7.57. The molecule has 2 aromatic rings. The lowest BCUT2D eigenvalue weighted by Crippen LogP contribution is -2.30. The van der Waals surface area contributed by atoms with Crippen LogP contribution in [0, 0.1) is 5.92 Å². The summed E-state index contributed by atoms with van der Waals surface area (Å²) in [4.78, 5) is 25.7. The van der Waals surface area contributed by atoms with Crippen LogP contribution in [0.1, 0.15) is 71.6 Å². The van der Waals surface area contributed by atoms with E-state index in [1.807, 2.05) is 36.4 Å². The number of hydrogen-bond donors (Lipinski definition) is 0. The van der Waals surface area contributed by atoms with Crippen LogP contribution in [0.3, 0.4) is 0 Å². The molecule has 0 fully saturated rings. The van der Waals surface area contributed by atoms with Gasteiger partial charge in [-0.3, -0.25) is 14.2 Å². The van der Waals surface area contributed by atoms with Crippen molar-refractivity contribution in [1.82, 2.24) is 0 Å². The first kappa shape index (κ1) is 28.0. The highest BCUT2D eigenvalue weighted by molar-refractivity contribution is 7.67. The Labute approximate surface area is 215 Å². The summed E-state index contributed by atoms with van der Waals surface area (Å²) in [7, 11) is -3.50. The third-order valence-electron chi connectivity index (χ3n) is 6.40. The third kappa shape index (κ3) is 7.70. The van der Waals surface area contributed by atoms with Gasteiger partial charge in [0.1, 0.15) is 5.75 Å². The van der Waals surface area contributed by atoms with Gasteiger partial charge in [-0.05, 0) is 30.5 Å². The Hall–Kier alpha value is -2.59. The molecule has 0 bridgehead atoms. The molecule has 2 aromatic carbocycles. The van der Waals surface area contributed by atoms with Gasteiger partial charge >= 0.3 is 11.9 Å². The van der Waals surface area contributed by atoms with Crippen molar-refractivity contribution in [1.29, 1.82) is 0 Å². The molecule has 0 saturated carbocycles. The highest BCUT2D eigenvalue weighted by atomic mass is 31.2. The molecule has 0 spiro atoms. The van der Waals surface area contributed by atoms with E-state index in [0.29, 0.717) is 17.7 Å². The maximum atomic E-state index is 14.3. The van der Waals surface area contributed by atoms with Gasteiger partial charge in [0, 0.05) is 5.56 Å². The summed E-state index contributed by atoms with van der Waals surface area (Å²) in [5.74, 6) is -1.39. The second-order valence-corrected chi connectivity index (χ2v) is 11.7. The second kappa shape index (κ2) is 14.2. The highest BCUT2D eigenvalue weighted by Gasteiger charge is 2.41. The summed E-state index contributed by atoms with van der Waals surface area (Å²) >= 11 is 0.